The van der Waals surface area contributed by atoms with Crippen molar-refractivity contribution in [1.82, 2.24) is 20.2 Å². The molecule has 2 aromatic heterocycles. The number of nitrogens with one attached hydrogen (secondary N) is 2. The van der Waals surface area contributed by atoms with Crippen molar-refractivity contribution in [3.8, 4) is 5.88 Å². The zero-order valence-corrected chi connectivity index (χ0v) is 21.6. The largest absolute Gasteiger partial charge is 0.494 e. The molecule has 194 valence electrons. The van der Waals surface area contributed by atoms with Gasteiger partial charge < -0.3 is 20.3 Å². The smallest absolute Gasteiger partial charge is 0.251 e. The summed E-state index contributed by atoms with van der Waals surface area (Å²) in [7, 11) is 0. The van der Waals surface area contributed by atoms with Gasteiger partial charge in [0, 0.05) is 41.0 Å². The van der Waals surface area contributed by atoms with Gasteiger partial charge in [-0.15, -0.1) is 0 Å². The van der Waals surface area contributed by atoms with E-state index in [1.165, 1.54) is 0 Å². The molecule has 5 heterocycles. The summed E-state index contributed by atoms with van der Waals surface area (Å²) in [6, 6.07) is 19.5. The van der Waals surface area contributed by atoms with E-state index in [1.54, 1.807) is 12.4 Å². The van der Waals surface area contributed by atoms with Crippen LogP contribution in [0.25, 0.3) is 10.9 Å². The number of hydrogen-bond acceptors (Lipinski definition) is 5. The van der Waals surface area contributed by atoms with Crippen molar-refractivity contribution < 1.29 is 9.90 Å². The van der Waals surface area contributed by atoms with Crippen LogP contribution in [0, 0.1) is 5.92 Å². The van der Waals surface area contributed by atoms with Crippen molar-refractivity contribution in [3.05, 3.63) is 95.3 Å². The van der Waals surface area contributed by atoms with Crippen LogP contribution < -0.4 is 5.32 Å². The van der Waals surface area contributed by atoms with E-state index in [0.717, 1.165) is 61.1 Å². The molecule has 7 nitrogen and oxygen atoms in total. The normalized spacial score (nSPS) is 21.9. The molecule has 3 N–H and O–H groups in total. The van der Waals surface area contributed by atoms with Crippen molar-refractivity contribution in [3.63, 3.8) is 0 Å². The second-order valence-corrected chi connectivity index (χ2v) is 10.4. The van der Waals surface area contributed by atoms with Crippen molar-refractivity contribution in [1.29, 1.82) is 0 Å². The number of pyridine rings is 1. The van der Waals surface area contributed by atoms with Crippen LogP contribution in [0.2, 0.25) is 0 Å². The first kappa shape index (κ1) is 24.4. The molecule has 0 spiro atoms. The number of aromatic amines is 1. The maximum atomic E-state index is 13.2. The Bertz CT molecular complexity index is 1460. The Morgan fingerprint density at radius 2 is 1.87 bits per heavy atom. The van der Waals surface area contributed by atoms with Gasteiger partial charge in [0.25, 0.3) is 5.91 Å². The molecule has 1 amide bonds. The van der Waals surface area contributed by atoms with Crippen LogP contribution in [0.5, 0.6) is 5.88 Å². The minimum Gasteiger partial charge on any atom is -0.494 e. The van der Waals surface area contributed by atoms with Gasteiger partial charge in [0.15, 0.2) is 5.88 Å². The standard InChI is InChI=1S/C31H33N5O2/c1-2-25(20-6-4-3-5-7-20)34-30(37)23-8-9-24-26(18-23)35-31(38)28(24)29(22-10-14-32-15-11-22)33-27-19-36-16-12-21(27)13-17-36/h3-11,14-15,18,21,25,27,35,38H,2,12-13,16-17,19H2,1H3,(H,34,37)/t25-,27+/m1/s1. The molecule has 2 bridgehead atoms. The molecule has 3 fully saturated rings. The van der Waals surface area contributed by atoms with Gasteiger partial charge in [-0.25, -0.2) is 0 Å². The van der Waals surface area contributed by atoms with Crippen molar-refractivity contribution in [2.24, 2.45) is 10.9 Å². The highest BCUT2D eigenvalue weighted by atomic mass is 16.3. The predicted molar refractivity (Wildman–Crippen MR) is 150 cm³/mol. The minimum atomic E-state index is -0.145. The summed E-state index contributed by atoms with van der Waals surface area (Å²) in [6.45, 7) is 5.31. The highest BCUT2D eigenvalue weighted by Crippen LogP contribution is 2.34. The third-order valence-electron chi connectivity index (χ3n) is 8.06. The Labute approximate surface area is 222 Å². The summed E-state index contributed by atoms with van der Waals surface area (Å²) < 4.78 is 0. The maximum absolute atomic E-state index is 13.2. The van der Waals surface area contributed by atoms with E-state index in [4.69, 9.17) is 4.99 Å². The van der Waals surface area contributed by atoms with Crippen LogP contribution in [0.15, 0.2) is 78.0 Å². The lowest BCUT2D eigenvalue weighted by molar-refractivity contribution is 0.0907. The first-order valence-corrected chi connectivity index (χ1v) is 13.5. The van der Waals surface area contributed by atoms with Gasteiger partial charge in [-0.1, -0.05) is 43.3 Å². The number of carbonyl (C=O) groups is 1. The van der Waals surface area contributed by atoms with Crippen LogP contribution in [0.4, 0.5) is 0 Å². The summed E-state index contributed by atoms with van der Waals surface area (Å²) in [4.78, 5) is 28.2. The predicted octanol–water partition coefficient (Wildman–Crippen LogP) is 5.08. The quantitative estimate of drug-likeness (QED) is 0.304. The maximum Gasteiger partial charge on any atom is 0.251 e. The van der Waals surface area contributed by atoms with Crippen LogP contribution in [0.1, 0.15) is 59.3 Å². The molecule has 2 atom stereocenters. The first-order valence-electron chi connectivity index (χ1n) is 13.5. The number of aromatic nitrogens is 2. The fourth-order valence-electron chi connectivity index (χ4n) is 5.95. The second kappa shape index (κ2) is 10.4. The highest BCUT2D eigenvalue weighted by molar-refractivity contribution is 6.21. The zero-order chi connectivity index (χ0) is 26.1. The number of aliphatic imine (C=N–C) groups is 1. The molecule has 2 aromatic carbocycles. The van der Waals surface area contributed by atoms with Crippen molar-refractivity contribution in [2.75, 3.05) is 19.6 Å². The zero-order valence-electron chi connectivity index (χ0n) is 21.6. The monoisotopic (exact) mass is 507 g/mol. The summed E-state index contributed by atoms with van der Waals surface area (Å²) >= 11 is 0. The number of carbonyl (C=O) groups excluding carboxylic acids is 1. The topological polar surface area (TPSA) is 93.6 Å². The number of benzene rings is 2. The number of hydrogen-bond donors (Lipinski definition) is 3. The average molecular weight is 508 g/mol. The molecular formula is C31H33N5O2. The fraction of sp³-hybridized carbons (Fsp3) is 0.323. The molecule has 3 aliphatic rings. The number of nitrogens with zero attached hydrogens (tertiary/aromatic N) is 3. The Kier molecular flexibility index (Phi) is 6.68. The summed E-state index contributed by atoms with van der Waals surface area (Å²) in [5.41, 5.74) is 4.68. The van der Waals surface area contributed by atoms with E-state index >= 15 is 0 Å². The summed E-state index contributed by atoms with van der Waals surface area (Å²) in [5.74, 6) is 0.481. The number of rotatable bonds is 7. The van der Waals surface area contributed by atoms with Crippen molar-refractivity contribution >= 4 is 22.5 Å². The van der Waals surface area contributed by atoms with Crippen LogP contribution in [0.3, 0.4) is 0 Å². The lowest BCUT2D eigenvalue weighted by atomic mass is 9.84. The molecule has 0 unspecified atom stereocenters. The van der Waals surface area contributed by atoms with Gasteiger partial charge in [0.2, 0.25) is 0 Å². The number of amides is 1. The third kappa shape index (κ3) is 4.70. The lowest BCUT2D eigenvalue weighted by Crippen LogP contribution is -2.49. The van der Waals surface area contributed by atoms with Gasteiger partial charge in [-0.05, 0) is 68.1 Å². The minimum absolute atomic E-state index is 0.0603. The van der Waals surface area contributed by atoms with Crippen LogP contribution in [-0.2, 0) is 0 Å². The van der Waals surface area contributed by atoms with Crippen LogP contribution >= 0.6 is 0 Å². The van der Waals surface area contributed by atoms with Gasteiger partial charge in [0.1, 0.15) is 0 Å². The molecule has 0 saturated carbocycles. The van der Waals surface area contributed by atoms with Gasteiger partial charge in [-0.2, -0.15) is 0 Å². The summed E-state index contributed by atoms with van der Waals surface area (Å²) in [5, 5.41) is 15.1. The Morgan fingerprint density at radius 3 is 2.55 bits per heavy atom. The molecule has 4 aromatic rings. The third-order valence-corrected chi connectivity index (χ3v) is 8.06. The van der Waals surface area contributed by atoms with E-state index in [1.807, 2.05) is 60.7 Å². The molecular weight excluding hydrogens is 474 g/mol. The molecule has 0 radical (unpaired) electrons. The fourth-order valence-corrected chi connectivity index (χ4v) is 5.95. The van der Waals surface area contributed by atoms with Crippen molar-refractivity contribution in [2.45, 2.75) is 38.3 Å². The van der Waals surface area contributed by atoms with Gasteiger partial charge in [-0.3, -0.25) is 14.8 Å². The Hall–Kier alpha value is -3.97. The lowest BCUT2D eigenvalue weighted by Gasteiger charge is -2.43. The number of H-pyrrole nitrogens is 1. The molecule has 3 aliphatic heterocycles. The van der Waals surface area contributed by atoms with Gasteiger partial charge in [0.05, 0.1) is 23.4 Å². The highest BCUT2D eigenvalue weighted by Gasteiger charge is 2.34. The first-order chi connectivity index (χ1) is 18.6. The second-order valence-electron chi connectivity index (χ2n) is 10.4. The molecule has 0 aliphatic carbocycles. The Balaban J connectivity index is 1.35. The van der Waals surface area contributed by atoms with Crippen LogP contribution in [-0.4, -0.2) is 57.3 Å². The van der Waals surface area contributed by atoms with E-state index in [2.05, 4.69) is 27.1 Å². The van der Waals surface area contributed by atoms with Gasteiger partial charge >= 0.3 is 0 Å². The number of fused-ring (bicyclic) bond motifs is 4. The Morgan fingerprint density at radius 1 is 1.11 bits per heavy atom. The molecule has 3 saturated heterocycles. The molecule has 7 rings (SSSR count). The SMILES string of the molecule is CC[C@@H](NC(=O)c1ccc2c(C(=N[C@H]3CN4CCC3CC4)c3ccncc3)c(O)[nH]c2c1)c1ccccc1. The number of aromatic hydroxyl groups is 1. The van der Waals surface area contributed by atoms with E-state index in [0.29, 0.717) is 22.6 Å². The summed E-state index contributed by atoms with van der Waals surface area (Å²) in [6.07, 6.45) is 6.63. The van der Waals surface area contributed by atoms with E-state index < -0.39 is 0 Å². The number of piperidine rings is 3. The van der Waals surface area contributed by atoms with E-state index in [-0.39, 0.29) is 23.9 Å². The average Bonchev–Trinajstić information content (AvgIpc) is 3.30. The molecule has 7 heteroatoms. The van der Waals surface area contributed by atoms with E-state index in [9.17, 15) is 9.90 Å². The molecule has 38 heavy (non-hydrogen) atoms.